The lowest BCUT2D eigenvalue weighted by atomic mass is 10.2. The Morgan fingerprint density at radius 1 is 1.33 bits per heavy atom. The third-order valence-corrected chi connectivity index (χ3v) is 2.06. The van der Waals surface area contributed by atoms with Gasteiger partial charge in [-0.25, -0.2) is 0 Å². The molecule has 4 nitrogen and oxygen atoms in total. The summed E-state index contributed by atoms with van der Waals surface area (Å²) >= 11 is 0. The zero-order valence-corrected chi connectivity index (χ0v) is 10.2. The van der Waals surface area contributed by atoms with Crippen LogP contribution in [0.15, 0.2) is 0 Å². The van der Waals surface area contributed by atoms with Crippen LogP contribution in [0, 0.1) is 5.92 Å². The first kappa shape index (κ1) is 13.9. The first-order valence-corrected chi connectivity index (χ1v) is 5.52. The zero-order valence-electron chi connectivity index (χ0n) is 10.2. The molecule has 0 saturated heterocycles. The summed E-state index contributed by atoms with van der Waals surface area (Å²) in [5, 5.41) is 2.61. The molecule has 0 aliphatic carbocycles. The fraction of sp³-hybridized carbons (Fsp3) is 0.818. The van der Waals surface area contributed by atoms with Crippen molar-refractivity contribution in [2.24, 2.45) is 5.92 Å². The van der Waals surface area contributed by atoms with Gasteiger partial charge in [-0.05, 0) is 12.3 Å². The second kappa shape index (κ2) is 7.26. The van der Waals surface area contributed by atoms with Crippen LogP contribution in [0.1, 0.15) is 33.6 Å². The van der Waals surface area contributed by atoms with Gasteiger partial charge in [0.05, 0.1) is 0 Å². The summed E-state index contributed by atoms with van der Waals surface area (Å²) < 4.78 is 0. The minimum atomic E-state index is -0.498. The summed E-state index contributed by atoms with van der Waals surface area (Å²) in [6.07, 6.45) is 1.95. The lowest BCUT2D eigenvalue weighted by Crippen LogP contribution is -2.42. The minimum Gasteiger partial charge on any atom is -0.348 e. The van der Waals surface area contributed by atoms with Gasteiger partial charge in [0.25, 0.3) is 0 Å². The average molecular weight is 214 g/mol. The average Bonchev–Trinajstić information content (AvgIpc) is 2.21. The topological polar surface area (TPSA) is 49.4 Å². The molecule has 1 N–H and O–H groups in total. The Kier molecular flexibility index (Phi) is 6.75. The first-order valence-electron chi connectivity index (χ1n) is 5.52. The van der Waals surface area contributed by atoms with Gasteiger partial charge in [-0.1, -0.05) is 27.2 Å². The molecule has 0 radical (unpaired) electrons. The van der Waals surface area contributed by atoms with Crippen LogP contribution < -0.4 is 5.32 Å². The Morgan fingerprint density at radius 2 is 1.93 bits per heavy atom. The van der Waals surface area contributed by atoms with Gasteiger partial charge in [0.1, 0.15) is 0 Å². The summed E-state index contributed by atoms with van der Waals surface area (Å²) in [6, 6.07) is 0. The molecule has 2 amide bonds. The standard InChI is InChI=1S/C11H22N2O2/c1-5-6-7-13(4)11(15)10(14)12-8-9(2)3/h9H,5-8H2,1-4H3,(H,12,14). The van der Waals surface area contributed by atoms with Crippen molar-refractivity contribution in [3.8, 4) is 0 Å². The van der Waals surface area contributed by atoms with Gasteiger partial charge in [0.15, 0.2) is 0 Å². The van der Waals surface area contributed by atoms with Crippen molar-refractivity contribution in [3.05, 3.63) is 0 Å². The van der Waals surface area contributed by atoms with Gasteiger partial charge in [-0.2, -0.15) is 0 Å². The molecule has 0 aromatic rings. The molecule has 0 rings (SSSR count). The maximum atomic E-state index is 11.5. The third kappa shape index (κ3) is 6.10. The normalized spacial score (nSPS) is 10.2. The molecule has 0 saturated carbocycles. The number of nitrogens with one attached hydrogen (secondary N) is 1. The van der Waals surface area contributed by atoms with Crippen molar-refractivity contribution < 1.29 is 9.59 Å². The molecule has 0 aromatic carbocycles. The monoisotopic (exact) mass is 214 g/mol. The van der Waals surface area contributed by atoms with Crippen LogP contribution in [-0.2, 0) is 9.59 Å². The first-order chi connectivity index (χ1) is 6.99. The van der Waals surface area contributed by atoms with Crippen molar-refractivity contribution in [1.29, 1.82) is 0 Å². The smallest absolute Gasteiger partial charge is 0.311 e. The number of carbonyl (C=O) groups is 2. The van der Waals surface area contributed by atoms with Crippen LogP contribution in [0.3, 0.4) is 0 Å². The Bertz CT molecular complexity index is 215. The van der Waals surface area contributed by atoms with Gasteiger partial charge in [0, 0.05) is 20.1 Å². The van der Waals surface area contributed by atoms with Crippen LogP contribution in [0.25, 0.3) is 0 Å². The van der Waals surface area contributed by atoms with E-state index in [1.165, 1.54) is 4.90 Å². The number of likely N-dealkylation sites (N-methyl/N-ethyl adjacent to an activating group) is 1. The Balaban J connectivity index is 3.91. The van der Waals surface area contributed by atoms with E-state index in [1.54, 1.807) is 7.05 Å². The van der Waals surface area contributed by atoms with Crippen LogP contribution >= 0.6 is 0 Å². The van der Waals surface area contributed by atoms with E-state index in [4.69, 9.17) is 0 Å². The van der Waals surface area contributed by atoms with Gasteiger partial charge in [-0.3, -0.25) is 9.59 Å². The lowest BCUT2D eigenvalue weighted by molar-refractivity contribution is -0.145. The van der Waals surface area contributed by atoms with Crippen molar-refractivity contribution >= 4 is 11.8 Å². The summed E-state index contributed by atoms with van der Waals surface area (Å²) in [5.41, 5.74) is 0. The highest BCUT2D eigenvalue weighted by molar-refractivity contribution is 6.34. The molecular weight excluding hydrogens is 192 g/mol. The zero-order chi connectivity index (χ0) is 11.8. The van der Waals surface area contributed by atoms with Crippen molar-refractivity contribution in [1.82, 2.24) is 10.2 Å². The number of unbranched alkanes of at least 4 members (excludes halogenated alkanes) is 1. The summed E-state index contributed by atoms with van der Waals surface area (Å²) in [5.74, 6) is -0.575. The summed E-state index contributed by atoms with van der Waals surface area (Å²) in [6.45, 7) is 7.23. The van der Waals surface area contributed by atoms with E-state index in [0.29, 0.717) is 19.0 Å². The van der Waals surface area contributed by atoms with E-state index in [1.807, 2.05) is 13.8 Å². The number of hydrogen-bond donors (Lipinski definition) is 1. The number of rotatable bonds is 5. The van der Waals surface area contributed by atoms with E-state index < -0.39 is 11.8 Å². The Hall–Kier alpha value is -1.06. The van der Waals surface area contributed by atoms with E-state index in [2.05, 4.69) is 12.2 Å². The van der Waals surface area contributed by atoms with Gasteiger partial charge in [0.2, 0.25) is 0 Å². The van der Waals surface area contributed by atoms with Gasteiger partial charge in [-0.15, -0.1) is 0 Å². The molecule has 0 atom stereocenters. The molecule has 88 valence electrons. The molecule has 0 spiro atoms. The molecule has 0 fully saturated rings. The van der Waals surface area contributed by atoms with Gasteiger partial charge >= 0.3 is 11.8 Å². The molecule has 4 heteroatoms. The Morgan fingerprint density at radius 3 is 2.40 bits per heavy atom. The molecule has 15 heavy (non-hydrogen) atoms. The number of carbonyl (C=O) groups excluding carboxylic acids is 2. The second-order valence-electron chi connectivity index (χ2n) is 4.18. The van der Waals surface area contributed by atoms with Crippen molar-refractivity contribution in [3.63, 3.8) is 0 Å². The fourth-order valence-electron chi connectivity index (χ4n) is 1.04. The quantitative estimate of drug-likeness (QED) is 0.695. The maximum Gasteiger partial charge on any atom is 0.311 e. The molecule has 0 unspecified atom stereocenters. The highest BCUT2D eigenvalue weighted by atomic mass is 16.2. The maximum absolute atomic E-state index is 11.5. The Labute approximate surface area is 92.0 Å². The van der Waals surface area contributed by atoms with Crippen molar-refractivity contribution in [2.75, 3.05) is 20.1 Å². The highest BCUT2D eigenvalue weighted by Crippen LogP contribution is 1.93. The second-order valence-corrected chi connectivity index (χ2v) is 4.18. The van der Waals surface area contributed by atoms with E-state index in [-0.39, 0.29) is 0 Å². The number of hydrogen-bond acceptors (Lipinski definition) is 2. The van der Waals surface area contributed by atoms with Gasteiger partial charge < -0.3 is 10.2 Å². The third-order valence-electron chi connectivity index (χ3n) is 2.06. The molecule has 0 aliphatic heterocycles. The fourth-order valence-corrected chi connectivity index (χ4v) is 1.04. The largest absolute Gasteiger partial charge is 0.348 e. The molecular formula is C11H22N2O2. The minimum absolute atomic E-state index is 0.364. The van der Waals surface area contributed by atoms with E-state index >= 15 is 0 Å². The van der Waals surface area contributed by atoms with Crippen LogP contribution in [0.5, 0.6) is 0 Å². The van der Waals surface area contributed by atoms with E-state index in [0.717, 1.165) is 12.8 Å². The molecule has 0 bridgehead atoms. The number of amides is 2. The van der Waals surface area contributed by atoms with Crippen molar-refractivity contribution in [2.45, 2.75) is 33.6 Å². The molecule has 0 aromatic heterocycles. The predicted octanol–water partition coefficient (Wildman–Crippen LogP) is 1.02. The summed E-state index contributed by atoms with van der Waals surface area (Å²) in [7, 11) is 1.66. The number of nitrogens with zero attached hydrogens (tertiary/aromatic N) is 1. The highest BCUT2D eigenvalue weighted by Gasteiger charge is 2.17. The predicted molar refractivity (Wildman–Crippen MR) is 60.4 cm³/mol. The SMILES string of the molecule is CCCCN(C)C(=O)C(=O)NCC(C)C. The van der Waals surface area contributed by atoms with E-state index in [9.17, 15) is 9.59 Å². The molecule has 0 heterocycles. The summed E-state index contributed by atoms with van der Waals surface area (Å²) in [4.78, 5) is 24.3. The van der Waals surface area contributed by atoms with Crippen LogP contribution in [0.2, 0.25) is 0 Å². The van der Waals surface area contributed by atoms with Crippen LogP contribution in [-0.4, -0.2) is 36.9 Å². The van der Waals surface area contributed by atoms with Crippen LogP contribution in [0.4, 0.5) is 0 Å². The lowest BCUT2D eigenvalue weighted by Gasteiger charge is -2.16. The molecule has 0 aliphatic rings.